The molecule has 0 saturated heterocycles. The van der Waals surface area contributed by atoms with Crippen molar-refractivity contribution in [2.24, 2.45) is 0 Å². The van der Waals surface area contributed by atoms with Gasteiger partial charge in [-0.25, -0.2) is 9.48 Å². The molecule has 100 valence electrons. The van der Waals surface area contributed by atoms with Gasteiger partial charge in [-0.05, 0) is 25.7 Å². The minimum Gasteiger partial charge on any atom is -0.464 e. The molecule has 0 aromatic carbocycles. The maximum Gasteiger partial charge on any atom is 0.358 e. The van der Waals surface area contributed by atoms with E-state index in [1.165, 1.54) is 26.4 Å². The number of methoxy groups -OCH3 is 1. The van der Waals surface area contributed by atoms with Gasteiger partial charge in [0, 0.05) is 12.1 Å². The normalized spacial score (nSPS) is 16.8. The number of nitrogens with zero attached hydrogens (tertiary/aromatic N) is 2. The van der Waals surface area contributed by atoms with E-state index in [1.54, 1.807) is 4.68 Å². The van der Waals surface area contributed by atoms with Crippen LogP contribution in [0.5, 0.6) is 0 Å². The van der Waals surface area contributed by atoms with Gasteiger partial charge in [-0.2, -0.15) is 5.10 Å². The Bertz CT molecular complexity index is 434. The van der Waals surface area contributed by atoms with E-state index in [4.69, 9.17) is 10.5 Å². The van der Waals surface area contributed by atoms with E-state index in [0.29, 0.717) is 24.0 Å². The van der Waals surface area contributed by atoms with Crippen LogP contribution in [0.25, 0.3) is 0 Å². The zero-order chi connectivity index (χ0) is 13.1. The molecule has 0 amide bonds. The van der Waals surface area contributed by atoms with Crippen molar-refractivity contribution in [1.82, 2.24) is 9.78 Å². The summed E-state index contributed by atoms with van der Waals surface area (Å²) in [5.41, 5.74) is 7.44. The summed E-state index contributed by atoms with van der Waals surface area (Å²) in [6.45, 7) is 2.64. The van der Waals surface area contributed by atoms with Crippen LogP contribution >= 0.6 is 0 Å². The Kier molecular flexibility index (Phi) is 3.89. The monoisotopic (exact) mass is 251 g/mol. The first kappa shape index (κ1) is 12.9. The quantitative estimate of drug-likeness (QED) is 0.837. The maximum atomic E-state index is 11.8. The van der Waals surface area contributed by atoms with Gasteiger partial charge in [-0.1, -0.05) is 19.3 Å². The summed E-state index contributed by atoms with van der Waals surface area (Å²) in [6.07, 6.45) is 5.84. The topological polar surface area (TPSA) is 70.1 Å². The number of nitrogens with two attached hydrogens (primary N) is 1. The minimum atomic E-state index is -0.380. The maximum absolute atomic E-state index is 11.8. The number of hydrogen-bond acceptors (Lipinski definition) is 4. The van der Waals surface area contributed by atoms with Crippen LogP contribution < -0.4 is 5.73 Å². The fourth-order valence-corrected chi connectivity index (χ4v) is 2.77. The van der Waals surface area contributed by atoms with Crippen LogP contribution in [0.2, 0.25) is 0 Å². The molecule has 0 radical (unpaired) electrons. The first-order chi connectivity index (χ1) is 8.69. The highest BCUT2D eigenvalue weighted by molar-refractivity contribution is 5.90. The van der Waals surface area contributed by atoms with E-state index in [9.17, 15) is 4.79 Å². The highest BCUT2D eigenvalue weighted by Crippen LogP contribution is 2.37. The third kappa shape index (κ3) is 2.21. The summed E-state index contributed by atoms with van der Waals surface area (Å²) < 4.78 is 6.50. The summed E-state index contributed by atoms with van der Waals surface area (Å²) >= 11 is 0. The Balaban J connectivity index is 2.41. The standard InChI is InChI=1S/C13H21N3O2/c1-3-16-12(14)10(9-7-5-4-6-8-9)11(15-16)13(17)18-2/h9H,3-8,14H2,1-2H3. The van der Waals surface area contributed by atoms with Crippen LogP contribution in [-0.4, -0.2) is 22.9 Å². The average Bonchev–Trinajstić information content (AvgIpc) is 2.75. The van der Waals surface area contributed by atoms with Crippen LogP contribution in [0, 0.1) is 0 Å². The van der Waals surface area contributed by atoms with Gasteiger partial charge >= 0.3 is 5.97 Å². The van der Waals surface area contributed by atoms with Crippen molar-refractivity contribution in [2.45, 2.75) is 51.5 Å². The third-order valence-corrected chi connectivity index (χ3v) is 3.72. The summed E-state index contributed by atoms with van der Waals surface area (Å²) in [5.74, 6) is 0.604. The fourth-order valence-electron chi connectivity index (χ4n) is 2.77. The van der Waals surface area contributed by atoms with Gasteiger partial charge in [0.2, 0.25) is 0 Å². The SMILES string of the molecule is CCn1nc(C(=O)OC)c(C2CCCCC2)c1N. The molecule has 1 aliphatic rings. The lowest BCUT2D eigenvalue weighted by molar-refractivity contribution is 0.0591. The van der Waals surface area contributed by atoms with Crippen molar-refractivity contribution in [1.29, 1.82) is 0 Å². The number of carbonyl (C=O) groups excluding carboxylic acids is 1. The Morgan fingerprint density at radius 1 is 1.44 bits per heavy atom. The van der Waals surface area contributed by atoms with Crippen LogP contribution in [0.15, 0.2) is 0 Å². The second kappa shape index (κ2) is 5.42. The Labute approximate surface area is 107 Å². The minimum absolute atomic E-state index is 0.355. The lowest BCUT2D eigenvalue weighted by Crippen LogP contribution is -2.12. The zero-order valence-corrected chi connectivity index (χ0v) is 11.1. The predicted octanol–water partition coefficient (Wildman–Crippen LogP) is 2.32. The predicted molar refractivity (Wildman–Crippen MR) is 69.5 cm³/mol. The molecule has 0 aliphatic heterocycles. The van der Waals surface area contributed by atoms with Gasteiger partial charge in [0.15, 0.2) is 5.69 Å². The molecular formula is C13H21N3O2. The van der Waals surface area contributed by atoms with Gasteiger partial charge < -0.3 is 10.5 Å². The highest BCUT2D eigenvalue weighted by Gasteiger charge is 2.28. The second-order valence-electron chi connectivity index (χ2n) is 4.79. The molecule has 5 nitrogen and oxygen atoms in total. The Morgan fingerprint density at radius 3 is 2.67 bits per heavy atom. The molecular weight excluding hydrogens is 230 g/mol. The van der Waals surface area contributed by atoms with Crippen molar-refractivity contribution in [3.8, 4) is 0 Å². The van der Waals surface area contributed by atoms with E-state index in [1.807, 2.05) is 6.92 Å². The highest BCUT2D eigenvalue weighted by atomic mass is 16.5. The lowest BCUT2D eigenvalue weighted by Gasteiger charge is -2.21. The molecule has 0 spiro atoms. The van der Waals surface area contributed by atoms with Gasteiger partial charge in [-0.15, -0.1) is 0 Å². The van der Waals surface area contributed by atoms with Crippen molar-refractivity contribution in [3.63, 3.8) is 0 Å². The summed E-state index contributed by atoms with van der Waals surface area (Å²) in [6, 6.07) is 0. The molecule has 1 aromatic rings. The van der Waals surface area contributed by atoms with E-state index in [0.717, 1.165) is 18.4 Å². The van der Waals surface area contributed by atoms with E-state index in [-0.39, 0.29) is 5.97 Å². The molecule has 2 rings (SSSR count). The molecule has 1 fully saturated rings. The molecule has 1 aliphatic carbocycles. The molecule has 0 atom stereocenters. The van der Waals surface area contributed by atoms with E-state index in [2.05, 4.69) is 5.10 Å². The summed E-state index contributed by atoms with van der Waals surface area (Å²) in [5, 5.41) is 4.29. The van der Waals surface area contributed by atoms with Crippen molar-refractivity contribution in [3.05, 3.63) is 11.3 Å². The van der Waals surface area contributed by atoms with Gasteiger partial charge in [0.05, 0.1) is 7.11 Å². The largest absolute Gasteiger partial charge is 0.464 e. The first-order valence-electron chi connectivity index (χ1n) is 6.63. The van der Waals surface area contributed by atoms with Crippen molar-refractivity contribution in [2.75, 3.05) is 12.8 Å². The van der Waals surface area contributed by atoms with Crippen LogP contribution in [0.4, 0.5) is 5.82 Å². The van der Waals surface area contributed by atoms with Gasteiger partial charge in [0.1, 0.15) is 5.82 Å². The van der Waals surface area contributed by atoms with Crippen LogP contribution in [0.3, 0.4) is 0 Å². The molecule has 1 heterocycles. The number of ether oxygens (including phenoxy) is 1. The number of carbonyl (C=O) groups is 1. The number of aryl methyl sites for hydroxylation is 1. The summed E-state index contributed by atoms with van der Waals surface area (Å²) in [7, 11) is 1.38. The Hall–Kier alpha value is -1.52. The number of aromatic nitrogens is 2. The zero-order valence-electron chi connectivity index (χ0n) is 11.1. The Morgan fingerprint density at radius 2 is 2.11 bits per heavy atom. The van der Waals surface area contributed by atoms with Crippen molar-refractivity contribution < 1.29 is 9.53 Å². The number of anilines is 1. The van der Waals surface area contributed by atoms with E-state index < -0.39 is 0 Å². The molecule has 0 unspecified atom stereocenters. The average molecular weight is 251 g/mol. The summed E-state index contributed by atoms with van der Waals surface area (Å²) in [4.78, 5) is 11.8. The molecule has 18 heavy (non-hydrogen) atoms. The smallest absolute Gasteiger partial charge is 0.358 e. The third-order valence-electron chi connectivity index (χ3n) is 3.72. The number of hydrogen-bond donors (Lipinski definition) is 1. The van der Waals surface area contributed by atoms with Crippen molar-refractivity contribution >= 4 is 11.8 Å². The fraction of sp³-hybridized carbons (Fsp3) is 0.692. The van der Waals surface area contributed by atoms with Gasteiger partial charge in [-0.3, -0.25) is 0 Å². The molecule has 5 heteroatoms. The molecule has 0 bridgehead atoms. The van der Waals surface area contributed by atoms with Crippen LogP contribution in [-0.2, 0) is 11.3 Å². The number of rotatable bonds is 3. The lowest BCUT2D eigenvalue weighted by atomic mass is 9.83. The number of nitrogen functional groups attached to an aromatic ring is 1. The number of esters is 1. The van der Waals surface area contributed by atoms with E-state index >= 15 is 0 Å². The first-order valence-corrected chi connectivity index (χ1v) is 6.63. The molecule has 1 aromatic heterocycles. The molecule has 2 N–H and O–H groups in total. The molecule has 1 saturated carbocycles. The van der Waals surface area contributed by atoms with Gasteiger partial charge in [0.25, 0.3) is 0 Å². The second-order valence-corrected chi connectivity index (χ2v) is 4.79. The van der Waals surface area contributed by atoms with Crippen LogP contribution in [0.1, 0.15) is 61.0 Å².